The summed E-state index contributed by atoms with van der Waals surface area (Å²) in [6.45, 7) is 7.69. The van der Waals surface area contributed by atoms with Crippen LogP contribution in [0.4, 0.5) is 4.79 Å². The number of nitrogens with one attached hydrogen (secondary N) is 3. The first-order valence-corrected chi connectivity index (χ1v) is 15.2. The van der Waals surface area contributed by atoms with E-state index in [0.29, 0.717) is 18.4 Å². The molecule has 12 heteroatoms. The SMILES string of the molecule is CC[C@@H]1CCN(C(=O)[C@@H](O)[C@H](Cc2ccccc2)NC(=O)[C@H](CC(N)=O)NC(=O)OCc2ccccc2)[C@@H]1C(=O)NC(C)(C)C. The van der Waals surface area contributed by atoms with E-state index in [1.165, 1.54) is 4.90 Å². The summed E-state index contributed by atoms with van der Waals surface area (Å²) in [7, 11) is 0. The summed E-state index contributed by atoms with van der Waals surface area (Å²) >= 11 is 0. The zero-order valence-corrected chi connectivity index (χ0v) is 26.3. The number of nitrogens with two attached hydrogens (primary N) is 1. The van der Waals surface area contributed by atoms with E-state index in [1.54, 1.807) is 54.6 Å². The standard InChI is InChI=1S/C33H45N5O7/c1-5-23-16-17-38(27(23)30(42)37-33(2,3)4)31(43)28(40)24(18-21-12-8-6-9-13-21)35-29(41)25(19-26(34)39)36-32(44)45-20-22-14-10-7-11-15-22/h6-15,23-25,27-28,40H,5,16-20H2,1-4H3,(H2,34,39)(H,35,41)(H,36,44)(H,37,42)/t23-,24+,25+,27+,28+/m1/s1. The molecule has 244 valence electrons. The van der Waals surface area contributed by atoms with Gasteiger partial charge in [-0.1, -0.05) is 74.0 Å². The number of hydrogen-bond acceptors (Lipinski definition) is 7. The largest absolute Gasteiger partial charge is 0.445 e. The number of nitrogens with zero attached hydrogens (tertiary/aromatic N) is 1. The van der Waals surface area contributed by atoms with E-state index >= 15 is 0 Å². The Morgan fingerprint density at radius 3 is 2.13 bits per heavy atom. The number of rotatable bonds is 13. The molecule has 0 bridgehead atoms. The maximum Gasteiger partial charge on any atom is 0.408 e. The molecule has 1 heterocycles. The van der Waals surface area contributed by atoms with Crippen LogP contribution in [-0.2, 0) is 36.9 Å². The number of carbonyl (C=O) groups is 5. The number of ether oxygens (including phenoxy) is 1. The Hall–Kier alpha value is -4.45. The quantitative estimate of drug-likeness (QED) is 0.226. The second-order valence-electron chi connectivity index (χ2n) is 12.4. The monoisotopic (exact) mass is 623 g/mol. The van der Waals surface area contributed by atoms with Crippen LogP contribution < -0.4 is 21.7 Å². The zero-order valence-electron chi connectivity index (χ0n) is 26.3. The maximum atomic E-state index is 13.8. The summed E-state index contributed by atoms with van der Waals surface area (Å²) in [5.74, 6) is -2.81. The van der Waals surface area contributed by atoms with Crippen molar-refractivity contribution in [1.29, 1.82) is 0 Å². The van der Waals surface area contributed by atoms with Crippen LogP contribution in [0, 0.1) is 5.92 Å². The number of alkyl carbamates (subject to hydrolysis) is 1. The molecule has 1 fully saturated rings. The number of primary amides is 1. The molecular formula is C33H45N5O7. The summed E-state index contributed by atoms with van der Waals surface area (Å²) in [6.07, 6.45) is -1.95. The molecule has 2 aromatic carbocycles. The van der Waals surface area contributed by atoms with Crippen LogP contribution in [0.5, 0.6) is 0 Å². The molecule has 0 spiro atoms. The fraction of sp³-hybridized carbons (Fsp3) is 0.485. The Kier molecular flexibility index (Phi) is 12.5. The lowest BCUT2D eigenvalue weighted by Crippen LogP contribution is -2.59. The number of hydrogen-bond donors (Lipinski definition) is 5. The van der Waals surface area contributed by atoms with Gasteiger partial charge >= 0.3 is 6.09 Å². The molecule has 45 heavy (non-hydrogen) atoms. The highest BCUT2D eigenvalue weighted by molar-refractivity contribution is 5.93. The predicted octanol–water partition coefficient (Wildman–Crippen LogP) is 1.79. The van der Waals surface area contributed by atoms with E-state index in [9.17, 15) is 29.1 Å². The van der Waals surface area contributed by atoms with Gasteiger partial charge in [0.1, 0.15) is 18.7 Å². The van der Waals surface area contributed by atoms with Gasteiger partial charge in [0.15, 0.2) is 6.10 Å². The first-order chi connectivity index (χ1) is 21.3. The van der Waals surface area contributed by atoms with Gasteiger partial charge in [0.05, 0.1) is 12.5 Å². The van der Waals surface area contributed by atoms with Gasteiger partial charge in [-0.15, -0.1) is 0 Å². The number of aliphatic hydroxyl groups excluding tert-OH is 1. The van der Waals surface area contributed by atoms with Crippen molar-refractivity contribution in [2.24, 2.45) is 11.7 Å². The van der Waals surface area contributed by atoms with Gasteiger partial charge in [-0.3, -0.25) is 19.2 Å². The molecule has 0 saturated carbocycles. The fourth-order valence-electron chi connectivity index (χ4n) is 5.38. The van der Waals surface area contributed by atoms with Gasteiger partial charge in [0.25, 0.3) is 5.91 Å². The molecule has 1 saturated heterocycles. The lowest BCUT2D eigenvalue weighted by molar-refractivity contribution is -0.148. The molecule has 1 aliphatic heterocycles. The van der Waals surface area contributed by atoms with Crippen LogP contribution >= 0.6 is 0 Å². The highest BCUT2D eigenvalue weighted by Gasteiger charge is 2.45. The second-order valence-corrected chi connectivity index (χ2v) is 12.4. The van der Waals surface area contributed by atoms with Crippen LogP contribution in [0.1, 0.15) is 58.1 Å². The molecule has 1 aliphatic rings. The predicted molar refractivity (Wildman–Crippen MR) is 167 cm³/mol. The molecule has 2 aromatic rings. The molecule has 6 N–H and O–H groups in total. The second kappa shape index (κ2) is 16.0. The van der Waals surface area contributed by atoms with E-state index in [2.05, 4.69) is 16.0 Å². The van der Waals surface area contributed by atoms with Crippen molar-refractivity contribution in [1.82, 2.24) is 20.9 Å². The molecule has 5 amide bonds. The first kappa shape index (κ1) is 35.0. The summed E-state index contributed by atoms with van der Waals surface area (Å²) in [4.78, 5) is 66.4. The smallest absolute Gasteiger partial charge is 0.408 e. The van der Waals surface area contributed by atoms with Crippen LogP contribution in [0.2, 0.25) is 0 Å². The minimum absolute atomic E-state index is 0.0468. The van der Waals surface area contributed by atoms with E-state index in [-0.39, 0.29) is 31.4 Å². The molecule has 12 nitrogen and oxygen atoms in total. The average Bonchev–Trinajstić information content (AvgIpc) is 3.43. The minimum Gasteiger partial charge on any atom is -0.445 e. The van der Waals surface area contributed by atoms with Crippen molar-refractivity contribution in [3.05, 3.63) is 71.8 Å². The zero-order chi connectivity index (χ0) is 33.1. The number of likely N-dealkylation sites (tertiary alicyclic amines) is 1. The van der Waals surface area contributed by atoms with Crippen molar-refractivity contribution >= 4 is 29.7 Å². The van der Waals surface area contributed by atoms with Gasteiger partial charge in [-0.25, -0.2) is 4.79 Å². The lowest BCUT2D eigenvalue weighted by Gasteiger charge is -2.33. The first-order valence-electron chi connectivity index (χ1n) is 15.2. The van der Waals surface area contributed by atoms with Gasteiger partial charge in [0, 0.05) is 12.1 Å². The number of amides is 5. The molecular weight excluding hydrogens is 578 g/mol. The van der Waals surface area contributed by atoms with Crippen LogP contribution in [0.25, 0.3) is 0 Å². The molecule has 0 aromatic heterocycles. The number of aliphatic hydroxyl groups is 1. The van der Waals surface area contributed by atoms with Crippen molar-refractivity contribution < 1.29 is 33.8 Å². The molecule has 0 radical (unpaired) electrons. The highest BCUT2D eigenvalue weighted by atomic mass is 16.5. The minimum atomic E-state index is -1.74. The third-order valence-electron chi connectivity index (χ3n) is 7.58. The van der Waals surface area contributed by atoms with Crippen molar-refractivity contribution in [3.8, 4) is 0 Å². The van der Waals surface area contributed by atoms with E-state index in [0.717, 1.165) is 5.56 Å². The molecule has 0 unspecified atom stereocenters. The average molecular weight is 624 g/mol. The summed E-state index contributed by atoms with van der Waals surface area (Å²) in [6, 6.07) is 14.4. The Morgan fingerprint density at radius 1 is 0.978 bits per heavy atom. The summed E-state index contributed by atoms with van der Waals surface area (Å²) in [5.41, 5.74) is 6.27. The van der Waals surface area contributed by atoms with Gasteiger partial charge in [-0.05, 0) is 50.7 Å². The Bertz CT molecular complexity index is 1320. The Balaban J connectivity index is 1.81. The maximum absolute atomic E-state index is 13.8. The van der Waals surface area contributed by atoms with Crippen LogP contribution in [-0.4, -0.2) is 76.0 Å². The lowest BCUT2D eigenvalue weighted by atomic mass is 9.95. The number of carbonyl (C=O) groups excluding carboxylic acids is 5. The third kappa shape index (κ3) is 10.6. The summed E-state index contributed by atoms with van der Waals surface area (Å²) < 4.78 is 5.20. The highest BCUT2D eigenvalue weighted by Crippen LogP contribution is 2.29. The van der Waals surface area contributed by atoms with Crippen molar-refractivity contribution in [3.63, 3.8) is 0 Å². The fourth-order valence-corrected chi connectivity index (χ4v) is 5.38. The van der Waals surface area contributed by atoms with Gasteiger partial charge < -0.3 is 36.4 Å². The normalized spacial score (nSPS) is 18.3. The van der Waals surface area contributed by atoms with Crippen molar-refractivity contribution in [2.45, 2.75) is 89.8 Å². The molecule has 5 atom stereocenters. The Morgan fingerprint density at radius 2 is 1.58 bits per heavy atom. The van der Waals surface area contributed by atoms with Crippen molar-refractivity contribution in [2.75, 3.05) is 6.54 Å². The number of benzene rings is 2. The molecule has 3 rings (SSSR count). The topological polar surface area (TPSA) is 180 Å². The third-order valence-corrected chi connectivity index (χ3v) is 7.58. The van der Waals surface area contributed by atoms with E-state index in [4.69, 9.17) is 10.5 Å². The van der Waals surface area contributed by atoms with Gasteiger partial charge in [-0.2, -0.15) is 0 Å². The van der Waals surface area contributed by atoms with Gasteiger partial charge in [0.2, 0.25) is 17.7 Å². The summed E-state index contributed by atoms with van der Waals surface area (Å²) in [5, 5.41) is 19.4. The Labute approximate surface area is 264 Å². The van der Waals surface area contributed by atoms with E-state index in [1.807, 2.05) is 33.8 Å². The van der Waals surface area contributed by atoms with E-state index < -0.39 is 60.0 Å². The van der Waals surface area contributed by atoms with Crippen LogP contribution in [0.3, 0.4) is 0 Å². The molecule has 0 aliphatic carbocycles. The van der Waals surface area contributed by atoms with Crippen LogP contribution in [0.15, 0.2) is 60.7 Å².